The van der Waals surface area contributed by atoms with E-state index in [4.69, 9.17) is 34.8 Å². The molecule has 2 amide bonds. The van der Waals surface area contributed by atoms with Gasteiger partial charge in [0.1, 0.15) is 12.6 Å². The van der Waals surface area contributed by atoms with Crippen LogP contribution in [0.1, 0.15) is 45.2 Å². The van der Waals surface area contributed by atoms with Crippen molar-refractivity contribution in [3.05, 3.63) is 92.9 Å². The molecule has 11 heteroatoms. The number of benzene rings is 3. The number of rotatable bonds is 10. The lowest BCUT2D eigenvalue weighted by Gasteiger charge is -2.35. The summed E-state index contributed by atoms with van der Waals surface area (Å²) in [6, 6.07) is 16.8. The van der Waals surface area contributed by atoms with Crippen LogP contribution in [-0.2, 0) is 26.2 Å². The highest BCUT2D eigenvalue weighted by molar-refractivity contribution is 7.92. The second kappa shape index (κ2) is 13.5. The molecule has 220 valence electrons. The van der Waals surface area contributed by atoms with Gasteiger partial charge in [0, 0.05) is 17.1 Å². The van der Waals surface area contributed by atoms with Crippen molar-refractivity contribution in [2.75, 3.05) is 10.8 Å². The van der Waals surface area contributed by atoms with Crippen LogP contribution in [0.4, 0.5) is 5.69 Å². The van der Waals surface area contributed by atoms with Crippen LogP contribution in [0.15, 0.2) is 71.6 Å². The minimum absolute atomic E-state index is 0.000452. The van der Waals surface area contributed by atoms with Crippen LogP contribution in [0.3, 0.4) is 0 Å². The van der Waals surface area contributed by atoms with Gasteiger partial charge in [0.2, 0.25) is 11.8 Å². The molecule has 0 saturated heterocycles. The summed E-state index contributed by atoms with van der Waals surface area (Å²) in [6.45, 7) is 8.50. The molecule has 41 heavy (non-hydrogen) atoms. The molecule has 0 aliphatic heterocycles. The predicted molar refractivity (Wildman–Crippen MR) is 166 cm³/mol. The molecule has 0 fully saturated rings. The van der Waals surface area contributed by atoms with E-state index in [0.29, 0.717) is 26.2 Å². The number of aryl methyl sites for hydroxylation is 1. The molecular formula is C30H34Cl3N3O4S. The van der Waals surface area contributed by atoms with Crippen molar-refractivity contribution in [1.29, 1.82) is 0 Å². The zero-order chi connectivity index (χ0) is 30.5. The summed E-state index contributed by atoms with van der Waals surface area (Å²) in [5.41, 5.74) is 0.946. The normalized spacial score (nSPS) is 12.5. The lowest BCUT2D eigenvalue weighted by atomic mass is 10.1. The summed E-state index contributed by atoms with van der Waals surface area (Å²) in [4.78, 5) is 29.0. The number of carbonyl (C=O) groups excluding carboxylic acids is 2. The number of nitrogens with one attached hydrogen (secondary N) is 1. The second-order valence-corrected chi connectivity index (χ2v) is 13.8. The maximum atomic E-state index is 14.2. The van der Waals surface area contributed by atoms with E-state index >= 15 is 0 Å². The molecule has 0 saturated carbocycles. The lowest BCUT2D eigenvalue weighted by molar-refractivity contribution is -0.141. The molecule has 0 heterocycles. The van der Waals surface area contributed by atoms with Gasteiger partial charge in [-0.2, -0.15) is 0 Å². The van der Waals surface area contributed by atoms with Gasteiger partial charge in [0.25, 0.3) is 10.0 Å². The Balaban J connectivity index is 2.12. The van der Waals surface area contributed by atoms with E-state index in [0.717, 1.165) is 4.31 Å². The molecule has 0 bridgehead atoms. The van der Waals surface area contributed by atoms with Gasteiger partial charge in [-0.05, 0) is 81.6 Å². The fourth-order valence-corrected chi connectivity index (χ4v) is 6.27. The number of hydrogen-bond donors (Lipinski definition) is 1. The molecule has 0 spiro atoms. The first-order chi connectivity index (χ1) is 19.1. The zero-order valence-electron chi connectivity index (χ0n) is 23.6. The largest absolute Gasteiger partial charge is 0.350 e. The molecule has 0 radical (unpaired) electrons. The number of halogens is 3. The van der Waals surface area contributed by atoms with Crippen LogP contribution < -0.4 is 9.62 Å². The van der Waals surface area contributed by atoms with E-state index in [2.05, 4.69) is 5.32 Å². The number of nitrogens with zero attached hydrogens (tertiary/aromatic N) is 2. The van der Waals surface area contributed by atoms with E-state index in [9.17, 15) is 18.0 Å². The highest BCUT2D eigenvalue weighted by Crippen LogP contribution is 2.30. The third-order valence-corrected chi connectivity index (χ3v) is 9.02. The lowest BCUT2D eigenvalue weighted by Crippen LogP contribution is -2.55. The average Bonchev–Trinajstić information content (AvgIpc) is 2.90. The summed E-state index contributed by atoms with van der Waals surface area (Å²) >= 11 is 18.6. The van der Waals surface area contributed by atoms with Crippen molar-refractivity contribution in [3.8, 4) is 0 Å². The van der Waals surface area contributed by atoms with E-state index in [-0.39, 0.29) is 29.5 Å². The average molecular weight is 639 g/mol. The highest BCUT2D eigenvalue weighted by Gasteiger charge is 2.35. The van der Waals surface area contributed by atoms with Gasteiger partial charge in [-0.3, -0.25) is 13.9 Å². The minimum Gasteiger partial charge on any atom is -0.350 e. The summed E-state index contributed by atoms with van der Waals surface area (Å²) in [5.74, 6) is -0.935. The van der Waals surface area contributed by atoms with Gasteiger partial charge >= 0.3 is 0 Å². The molecular weight excluding hydrogens is 605 g/mol. The van der Waals surface area contributed by atoms with Gasteiger partial charge in [-0.1, -0.05) is 72.1 Å². The third-order valence-electron chi connectivity index (χ3n) is 6.27. The summed E-state index contributed by atoms with van der Waals surface area (Å²) in [5, 5.41) is 3.90. The molecule has 7 nitrogen and oxygen atoms in total. The maximum absolute atomic E-state index is 14.2. The first-order valence-electron chi connectivity index (χ1n) is 13.0. The van der Waals surface area contributed by atoms with Crippen LogP contribution in [0.25, 0.3) is 0 Å². The number of carbonyl (C=O) groups is 2. The molecule has 0 aliphatic carbocycles. The van der Waals surface area contributed by atoms with Crippen molar-refractivity contribution in [2.24, 2.45) is 0 Å². The monoisotopic (exact) mass is 637 g/mol. The molecule has 3 aromatic rings. The first kappa shape index (κ1) is 32.7. The SMILES string of the molecule is CC[C@H](C(=O)NC(C)(C)C)N(Cc1ccc(Cl)c(Cl)c1)C(=O)CN(c1cc(Cl)ccc1C)S(=O)(=O)c1ccccc1. The molecule has 0 aliphatic rings. The Kier molecular flexibility index (Phi) is 10.7. The quantitative estimate of drug-likeness (QED) is 0.263. The van der Waals surface area contributed by atoms with Crippen molar-refractivity contribution in [1.82, 2.24) is 10.2 Å². The van der Waals surface area contributed by atoms with E-state index in [1.807, 2.05) is 20.8 Å². The highest BCUT2D eigenvalue weighted by atomic mass is 35.5. The summed E-state index contributed by atoms with van der Waals surface area (Å²) in [6.07, 6.45) is 0.288. The van der Waals surface area contributed by atoms with Gasteiger partial charge in [-0.25, -0.2) is 8.42 Å². The smallest absolute Gasteiger partial charge is 0.264 e. The van der Waals surface area contributed by atoms with E-state index < -0.39 is 34.1 Å². The van der Waals surface area contributed by atoms with Crippen molar-refractivity contribution in [2.45, 2.75) is 64.1 Å². The standard InChI is InChI=1S/C30H34Cl3N3O4S/c1-6-26(29(38)34-30(3,4)5)35(18-21-13-15-24(32)25(33)16-21)28(37)19-36(27-17-22(31)14-12-20(27)2)41(39,40)23-10-8-7-9-11-23/h7-17,26H,6,18-19H2,1-5H3,(H,34,38)/t26-/m1/s1. The maximum Gasteiger partial charge on any atom is 0.264 e. The fourth-order valence-electron chi connectivity index (χ4n) is 4.29. The molecule has 3 rings (SSSR count). The van der Waals surface area contributed by atoms with Gasteiger partial charge in [-0.15, -0.1) is 0 Å². The summed E-state index contributed by atoms with van der Waals surface area (Å²) in [7, 11) is -4.20. The number of amides is 2. The Morgan fingerprint density at radius 1 is 0.927 bits per heavy atom. The van der Waals surface area contributed by atoms with Crippen LogP contribution in [0.5, 0.6) is 0 Å². The molecule has 1 atom stereocenters. The summed E-state index contributed by atoms with van der Waals surface area (Å²) < 4.78 is 29.0. The molecule has 0 unspecified atom stereocenters. The molecule has 0 aromatic heterocycles. The zero-order valence-corrected chi connectivity index (χ0v) is 26.7. The van der Waals surface area contributed by atoms with Crippen molar-refractivity contribution >= 4 is 62.3 Å². The van der Waals surface area contributed by atoms with Gasteiger partial charge in [0.05, 0.1) is 20.6 Å². The number of anilines is 1. The topological polar surface area (TPSA) is 86.8 Å². The van der Waals surface area contributed by atoms with E-state index in [1.165, 1.54) is 23.1 Å². The fraction of sp³-hybridized carbons (Fsp3) is 0.333. The predicted octanol–water partition coefficient (Wildman–Crippen LogP) is 6.87. The van der Waals surface area contributed by atoms with Crippen molar-refractivity contribution < 1.29 is 18.0 Å². The van der Waals surface area contributed by atoms with Crippen LogP contribution >= 0.6 is 34.8 Å². The number of sulfonamides is 1. The minimum atomic E-state index is -4.20. The van der Waals surface area contributed by atoms with Crippen LogP contribution in [-0.4, -0.2) is 43.3 Å². The molecule has 1 N–H and O–H groups in total. The third kappa shape index (κ3) is 8.38. The van der Waals surface area contributed by atoms with Gasteiger partial charge < -0.3 is 10.2 Å². The Hall–Kier alpha value is -2.78. The Bertz CT molecular complexity index is 1510. The Morgan fingerprint density at radius 3 is 2.17 bits per heavy atom. The number of hydrogen-bond acceptors (Lipinski definition) is 4. The molecule has 3 aromatic carbocycles. The van der Waals surface area contributed by atoms with E-state index in [1.54, 1.807) is 62.4 Å². The second-order valence-electron chi connectivity index (χ2n) is 10.7. The Morgan fingerprint density at radius 2 is 1.59 bits per heavy atom. The Labute approximate surface area is 257 Å². The van der Waals surface area contributed by atoms with Crippen molar-refractivity contribution in [3.63, 3.8) is 0 Å². The first-order valence-corrected chi connectivity index (χ1v) is 15.6. The van der Waals surface area contributed by atoms with Gasteiger partial charge in [0.15, 0.2) is 0 Å². The van der Waals surface area contributed by atoms with Crippen LogP contribution in [0, 0.1) is 6.92 Å². The van der Waals surface area contributed by atoms with Crippen LogP contribution in [0.2, 0.25) is 15.1 Å².